The van der Waals surface area contributed by atoms with Gasteiger partial charge in [0.25, 0.3) is 0 Å². The highest BCUT2D eigenvalue weighted by molar-refractivity contribution is 4.91. The van der Waals surface area contributed by atoms with Crippen LogP contribution < -0.4 is 5.32 Å². The quantitative estimate of drug-likeness (QED) is 0.786. The summed E-state index contributed by atoms with van der Waals surface area (Å²) in [5.74, 6) is 2.73. The van der Waals surface area contributed by atoms with Crippen LogP contribution in [0.1, 0.15) is 38.9 Å². The SMILES string of the molecule is CC(CCc1nccn1C)C(C)CNC1CC1. The van der Waals surface area contributed by atoms with E-state index in [1.165, 1.54) is 31.6 Å². The molecule has 17 heavy (non-hydrogen) atoms. The van der Waals surface area contributed by atoms with Crippen molar-refractivity contribution in [3.05, 3.63) is 18.2 Å². The number of aromatic nitrogens is 2. The molecule has 0 aromatic carbocycles. The molecular formula is C14H25N3. The third kappa shape index (κ3) is 3.84. The molecule has 1 heterocycles. The lowest BCUT2D eigenvalue weighted by Gasteiger charge is -2.20. The molecule has 1 aromatic heterocycles. The van der Waals surface area contributed by atoms with Gasteiger partial charge in [-0.1, -0.05) is 13.8 Å². The minimum absolute atomic E-state index is 0.760. The zero-order valence-corrected chi connectivity index (χ0v) is 11.3. The van der Waals surface area contributed by atoms with E-state index in [0.717, 1.165) is 24.3 Å². The third-order valence-corrected chi connectivity index (χ3v) is 4.02. The molecule has 0 aliphatic heterocycles. The van der Waals surface area contributed by atoms with Gasteiger partial charge in [-0.2, -0.15) is 0 Å². The topological polar surface area (TPSA) is 29.9 Å². The van der Waals surface area contributed by atoms with E-state index in [-0.39, 0.29) is 0 Å². The monoisotopic (exact) mass is 235 g/mol. The summed E-state index contributed by atoms with van der Waals surface area (Å²) < 4.78 is 2.12. The van der Waals surface area contributed by atoms with Crippen LogP contribution in [0.15, 0.2) is 12.4 Å². The smallest absolute Gasteiger partial charge is 0.108 e. The van der Waals surface area contributed by atoms with Crippen molar-refractivity contribution in [2.45, 2.75) is 45.6 Å². The van der Waals surface area contributed by atoms with Crippen molar-refractivity contribution in [1.29, 1.82) is 0 Å². The second-order valence-corrected chi connectivity index (χ2v) is 5.63. The molecule has 2 unspecified atom stereocenters. The molecule has 1 saturated carbocycles. The maximum Gasteiger partial charge on any atom is 0.108 e. The molecule has 1 aliphatic carbocycles. The first kappa shape index (κ1) is 12.6. The van der Waals surface area contributed by atoms with Crippen LogP contribution >= 0.6 is 0 Å². The van der Waals surface area contributed by atoms with Crippen LogP contribution in [0.2, 0.25) is 0 Å². The van der Waals surface area contributed by atoms with Crippen molar-refractivity contribution in [2.75, 3.05) is 6.54 Å². The minimum Gasteiger partial charge on any atom is -0.338 e. The summed E-state index contributed by atoms with van der Waals surface area (Å²) in [6.45, 7) is 5.90. The molecule has 3 heteroatoms. The minimum atomic E-state index is 0.760. The van der Waals surface area contributed by atoms with Crippen molar-refractivity contribution in [1.82, 2.24) is 14.9 Å². The molecule has 2 rings (SSSR count). The predicted octanol–water partition coefficient (Wildman–Crippen LogP) is 2.38. The Hall–Kier alpha value is -0.830. The van der Waals surface area contributed by atoms with Crippen LogP contribution in [-0.4, -0.2) is 22.1 Å². The molecule has 1 fully saturated rings. The molecule has 1 aliphatic rings. The summed E-state index contributed by atoms with van der Waals surface area (Å²) in [6, 6.07) is 0.833. The number of imidazole rings is 1. The van der Waals surface area contributed by atoms with E-state index in [0.29, 0.717) is 0 Å². The van der Waals surface area contributed by atoms with E-state index in [1.807, 2.05) is 12.4 Å². The summed E-state index contributed by atoms with van der Waals surface area (Å²) in [7, 11) is 2.07. The van der Waals surface area contributed by atoms with Crippen molar-refractivity contribution in [2.24, 2.45) is 18.9 Å². The van der Waals surface area contributed by atoms with Gasteiger partial charge in [0.1, 0.15) is 5.82 Å². The highest BCUT2D eigenvalue weighted by Crippen LogP contribution is 2.21. The lowest BCUT2D eigenvalue weighted by atomic mass is 9.91. The number of hydrogen-bond donors (Lipinski definition) is 1. The van der Waals surface area contributed by atoms with E-state index >= 15 is 0 Å². The van der Waals surface area contributed by atoms with Gasteiger partial charge in [0.2, 0.25) is 0 Å². The normalized spacial score (nSPS) is 19.2. The summed E-state index contributed by atoms with van der Waals surface area (Å²) in [5.41, 5.74) is 0. The maximum atomic E-state index is 4.38. The molecule has 0 saturated heterocycles. The number of nitrogens with zero attached hydrogens (tertiary/aromatic N) is 2. The Morgan fingerprint density at radius 1 is 1.41 bits per heavy atom. The van der Waals surface area contributed by atoms with E-state index in [2.05, 4.69) is 35.8 Å². The Labute approximate surface area is 105 Å². The van der Waals surface area contributed by atoms with Gasteiger partial charge in [-0.25, -0.2) is 4.98 Å². The standard InChI is InChI=1S/C14H25N3/c1-11(12(2)10-16-13-5-6-13)4-7-14-15-8-9-17(14)3/h8-9,11-13,16H,4-7,10H2,1-3H3. The van der Waals surface area contributed by atoms with E-state index in [1.54, 1.807) is 0 Å². The molecule has 0 spiro atoms. The second-order valence-electron chi connectivity index (χ2n) is 5.63. The largest absolute Gasteiger partial charge is 0.338 e. The fraction of sp³-hybridized carbons (Fsp3) is 0.786. The fourth-order valence-corrected chi connectivity index (χ4v) is 2.12. The zero-order valence-electron chi connectivity index (χ0n) is 11.3. The maximum absolute atomic E-state index is 4.38. The summed E-state index contributed by atoms with van der Waals surface area (Å²) >= 11 is 0. The molecule has 96 valence electrons. The first-order valence-electron chi connectivity index (χ1n) is 6.86. The summed E-state index contributed by atoms with van der Waals surface area (Å²) in [6.07, 6.45) is 9.01. The Morgan fingerprint density at radius 3 is 2.76 bits per heavy atom. The molecule has 1 N–H and O–H groups in total. The van der Waals surface area contributed by atoms with Gasteiger partial charge in [-0.15, -0.1) is 0 Å². The van der Waals surface area contributed by atoms with Crippen LogP contribution in [-0.2, 0) is 13.5 Å². The molecule has 0 bridgehead atoms. The Kier molecular flexibility index (Phi) is 4.21. The summed E-state index contributed by atoms with van der Waals surface area (Å²) in [5, 5.41) is 3.62. The number of aryl methyl sites for hydroxylation is 2. The van der Waals surface area contributed by atoms with Crippen LogP contribution in [0.3, 0.4) is 0 Å². The van der Waals surface area contributed by atoms with Gasteiger partial charge < -0.3 is 9.88 Å². The number of rotatable bonds is 7. The molecular weight excluding hydrogens is 210 g/mol. The fourth-order valence-electron chi connectivity index (χ4n) is 2.12. The molecule has 1 aromatic rings. The Bertz CT molecular complexity index is 341. The first-order chi connectivity index (χ1) is 8.16. The summed E-state index contributed by atoms with van der Waals surface area (Å²) in [4.78, 5) is 4.38. The molecule has 0 radical (unpaired) electrons. The number of hydrogen-bond acceptors (Lipinski definition) is 2. The van der Waals surface area contributed by atoms with Crippen LogP contribution in [0, 0.1) is 11.8 Å². The lowest BCUT2D eigenvalue weighted by molar-refractivity contribution is 0.344. The average molecular weight is 235 g/mol. The first-order valence-corrected chi connectivity index (χ1v) is 6.86. The average Bonchev–Trinajstić information content (AvgIpc) is 3.06. The molecule has 0 amide bonds. The van der Waals surface area contributed by atoms with E-state index in [9.17, 15) is 0 Å². The molecule has 3 nitrogen and oxygen atoms in total. The van der Waals surface area contributed by atoms with E-state index < -0.39 is 0 Å². The van der Waals surface area contributed by atoms with Crippen LogP contribution in [0.4, 0.5) is 0 Å². The third-order valence-electron chi connectivity index (χ3n) is 4.02. The van der Waals surface area contributed by atoms with E-state index in [4.69, 9.17) is 0 Å². The molecule has 2 atom stereocenters. The van der Waals surface area contributed by atoms with Gasteiger partial charge in [-0.3, -0.25) is 0 Å². The van der Waals surface area contributed by atoms with Crippen LogP contribution in [0.25, 0.3) is 0 Å². The van der Waals surface area contributed by atoms with Crippen molar-refractivity contribution in [3.8, 4) is 0 Å². The zero-order chi connectivity index (χ0) is 12.3. The van der Waals surface area contributed by atoms with Crippen LogP contribution in [0.5, 0.6) is 0 Å². The Balaban J connectivity index is 1.68. The van der Waals surface area contributed by atoms with Crippen molar-refractivity contribution >= 4 is 0 Å². The van der Waals surface area contributed by atoms with Gasteiger partial charge in [-0.05, 0) is 37.6 Å². The van der Waals surface area contributed by atoms with Gasteiger partial charge in [0.05, 0.1) is 0 Å². The second kappa shape index (κ2) is 5.67. The predicted molar refractivity (Wildman–Crippen MR) is 70.9 cm³/mol. The van der Waals surface area contributed by atoms with Gasteiger partial charge in [0.15, 0.2) is 0 Å². The highest BCUT2D eigenvalue weighted by atomic mass is 15.0. The van der Waals surface area contributed by atoms with Gasteiger partial charge in [0, 0.05) is 31.9 Å². The number of nitrogens with one attached hydrogen (secondary N) is 1. The Morgan fingerprint density at radius 2 is 2.18 bits per heavy atom. The van der Waals surface area contributed by atoms with Gasteiger partial charge >= 0.3 is 0 Å². The lowest BCUT2D eigenvalue weighted by Crippen LogP contribution is -2.27. The van der Waals surface area contributed by atoms with Crippen molar-refractivity contribution < 1.29 is 0 Å². The highest BCUT2D eigenvalue weighted by Gasteiger charge is 2.22. The van der Waals surface area contributed by atoms with Crippen molar-refractivity contribution in [3.63, 3.8) is 0 Å².